The van der Waals surface area contributed by atoms with E-state index in [4.69, 9.17) is 9.47 Å². The number of benzene rings is 2. The summed E-state index contributed by atoms with van der Waals surface area (Å²) in [6, 6.07) is 13.7. The molecule has 4 nitrogen and oxygen atoms in total. The molecule has 0 radical (unpaired) electrons. The summed E-state index contributed by atoms with van der Waals surface area (Å²) in [5.41, 5.74) is 3.25. The number of hydrogen-bond donors (Lipinski definition) is 1. The van der Waals surface area contributed by atoms with Crippen LogP contribution >= 0.6 is 0 Å². The topological polar surface area (TPSA) is 47.6 Å². The molecule has 0 saturated heterocycles. The lowest BCUT2D eigenvalue weighted by Gasteiger charge is -2.19. The quantitative estimate of drug-likeness (QED) is 0.755. The smallest absolute Gasteiger partial charge is 0.261 e. The van der Waals surface area contributed by atoms with Gasteiger partial charge in [-0.15, -0.1) is 0 Å². The molecule has 1 atom stereocenters. The molecule has 0 heterocycles. The zero-order valence-corrected chi connectivity index (χ0v) is 16.3. The average molecular weight is 355 g/mol. The molecule has 4 heteroatoms. The number of hydrogen-bond acceptors (Lipinski definition) is 3. The van der Waals surface area contributed by atoms with E-state index in [0.717, 1.165) is 28.2 Å². The number of carbonyl (C=O) groups is 1. The first-order valence-electron chi connectivity index (χ1n) is 9.16. The van der Waals surface area contributed by atoms with Gasteiger partial charge in [0.05, 0.1) is 6.10 Å². The molecule has 1 N–H and O–H groups in total. The summed E-state index contributed by atoms with van der Waals surface area (Å²) in [5, 5.41) is 2.96. The predicted molar refractivity (Wildman–Crippen MR) is 105 cm³/mol. The van der Waals surface area contributed by atoms with E-state index in [1.165, 1.54) is 0 Å². The fraction of sp³-hybridized carbons (Fsp3) is 0.409. The van der Waals surface area contributed by atoms with Gasteiger partial charge in [-0.1, -0.05) is 31.2 Å². The SMILES string of the molecule is CCC(Oc1cccc(C)c1C)C(=O)NCc1ccc(OC(C)C)cc1. The molecule has 2 aromatic rings. The van der Waals surface area contributed by atoms with Crippen molar-refractivity contribution in [3.8, 4) is 11.5 Å². The van der Waals surface area contributed by atoms with Crippen LogP contribution in [-0.2, 0) is 11.3 Å². The molecule has 140 valence electrons. The van der Waals surface area contributed by atoms with Crippen LogP contribution in [0.2, 0.25) is 0 Å². The number of ether oxygens (including phenoxy) is 2. The van der Waals surface area contributed by atoms with Crippen LogP contribution in [0.15, 0.2) is 42.5 Å². The Morgan fingerprint density at radius 2 is 1.73 bits per heavy atom. The van der Waals surface area contributed by atoms with Crippen molar-refractivity contribution >= 4 is 5.91 Å². The molecule has 2 aromatic carbocycles. The van der Waals surface area contributed by atoms with Crippen LogP contribution in [-0.4, -0.2) is 18.1 Å². The van der Waals surface area contributed by atoms with Crippen LogP contribution in [0.25, 0.3) is 0 Å². The van der Waals surface area contributed by atoms with Crippen LogP contribution in [0.1, 0.15) is 43.9 Å². The number of carbonyl (C=O) groups excluding carboxylic acids is 1. The summed E-state index contributed by atoms with van der Waals surface area (Å²) in [7, 11) is 0. The van der Waals surface area contributed by atoms with Gasteiger partial charge in [-0.2, -0.15) is 0 Å². The Morgan fingerprint density at radius 1 is 1.04 bits per heavy atom. The van der Waals surface area contributed by atoms with Crippen molar-refractivity contribution in [1.82, 2.24) is 5.32 Å². The lowest BCUT2D eigenvalue weighted by atomic mass is 10.1. The van der Waals surface area contributed by atoms with E-state index in [1.54, 1.807) is 0 Å². The van der Waals surface area contributed by atoms with Crippen LogP contribution in [0.3, 0.4) is 0 Å². The van der Waals surface area contributed by atoms with Crippen LogP contribution < -0.4 is 14.8 Å². The van der Waals surface area contributed by atoms with E-state index in [-0.39, 0.29) is 12.0 Å². The summed E-state index contributed by atoms with van der Waals surface area (Å²) in [4.78, 5) is 12.5. The summed E-state index contributed by atoms with van der Waals surface area (Å²) < 4.78 is 11.6. The maximum absolute atomic E-state index is 12.5. The van der Waals surface area contributed by atoms with Crippen LogP contribution in [0.5, 0.6) is 11.5 Å². The lowest BCUT2D eigenvalue weighted by molar-refractivity contribution is -0.128. The monoisotopic (exact) mass is 355 g/mol. The fourth-order valence-corrected chi connectivity index (χ4v) is 2.59. The van der Waals surface area contributed by atoms with Gasteiger partial charge in [0.1, 0.15) is 11.5 Å². The van der Waals surface area contributed by atoms with Gasteiger partial charge in [0.25, 0.3) is 5.91 Å². The van der Waals surface area contributed by atoms with Crippen molar-refractivity contribution in [2.75, 3.05) is 0 Å². The van der Waals surface area contributed by atoms with Gasteiger partial charge in [-0.05, 0) is 69.0 Å². The zero-order chi connectivity index (χ0) is 19.1. The second kappa shape index (κ2) is 9.27. The number of nitrogens with one attached hydrogen (secondary N) is 1. The maximum Gasteiger partial charge on any atom is 0.261 e. The molecule has 1 unspecified atom stereocenters. The molecule has 0 fully saturated rings. The fourth-order valence-electron chi connectivity index (χ4n) is 2.59. The zero-order valence-electron chi connectivity index (χ0n) is 16.3. The summed E-state index contributed by atoms with van der Waals surface area (Å²) in [5.74, 6) is 1.50. The minimum Gasteiger partial charge on any atom is -0.491 e. The first-order valence-corrected chi connectivity index (χ1v) is 9.16. The minimum absolute atomic E-state index is 0.101. The second-order valence-electron chi connectivity index (χ2n) is 6.74. The molecule has 0 spiro atoms. The van der Waals surface area contributed by atoms with Gasteiger partial charge in [0, 0.05) is 6.54 Å². The summed E-state index contributed by atoms with van der Waals surface area (Å²) in [6.45, 7) is 10.5. The highest BCUT2D eigenvalue weighted by Crippen LogP contribution is 2.22. The third kappa shape index (κ3) is 5.51. The second-order valence-corrected chi connectivity index (χ2v) is 6.74. The Hall–Kier alpha value is -2.49. The van der Waals surface area contributed by atoms with Crippen molar-refractivity contribution in [3.63, 3.8) is 0 Å². The highest BCUT2D eigenvalue weighted by Gasteiger charge is 2.19. The van der Waals surface area contributed by atoms with Gasteiger partial charge in [0.2, 0.25) is 0 Å². The maximum atomic E-state index is 12.5. The molecule has 0 aromatic heterocycles. The minimum atomic E-state index is -0.501. The molecule has 0 aliphatic rings. The van der Waals surface area contributed by atoms with Gasteiger partial charge in [-0.3, -0.25) is 4.79 Å². The first-order chi connectivity index (χ1) is 12.4. The Balaban J connectivity index is 1.93. The normalized spacial score (nSPS) is 11.9. The number of rotatable bonds is 8. The molecule has 1 amide bonds. The molecule has 0 bridgehead atoms. The number of amides is 1. The Kier molecular flexibility index (Phi) is 7.07. The molecule has 0 aliphatic heterocycles. The van der Waals surface area contributed by atoms with Gasteiger partial charge < -0.3 is 14.8 Å². The third-order valence-electron chi connectivity index (χ3n) is 4.25. The van der Waals surface area contributed by atoms with E-state index in [2.05, 4.69) is 5.32 Å². The van der Waals surface area contributed by atoms with Crippen molar-refractivity contribution in [3.05, 3.63) is 59.2 Å². The Labute approximate surface area is 156 Å². The molecular formula is C22H29NO3. The van der Waals surface area contributed by atoms with E-state index in [1.807, 2.05) is 77.1 Å². The highest BCUT2D eigenvalue weighted by atomic mass is 16.5. The average Bonchev–Trinajstić information content (AvgIpc) is 2.61. The number of aryl methyl sites for hydroxylation is 1. The standard InChI is InChI=1S/C22H29NO3/c1-6-20(26-21-9-7-8-16(4)17(21)5)22(24)23-14-18-10-12-19(13-11-18)25-15(2)3/h7-13,15,20H,6,14H2,1-5H3,(H,23,24). The van der Waals surface area contributed by atoms with Gasteiger partial charge in [-0.25, -0.2) is 0 Å². The molecule has 0 saturated carbocycles. The lowest BCUT2D eigenvalue weighted by Crippen LogP contribution is -2.37. The van der Waals surface area contributed by atoms with E-state index < -0.39 is 6.10 Å². The Morgan fingerprint density at radius 3 is 2.35 bits per heavy atom. The highest BCUT2D eigenvalue weighted by molar-refractivity contribution is 5.81. The van der Waals surface area contributed by atoms with E-state index in [9.17, 15) is 4.79 Å². The van der Waals surface area contributed by atoms with Crippen molar-refractivity contribution in [2.24, 2.45) is 0 Å². The molecule has 2 rings (SSSR count). The predicted octanol–water partition coefficient (Wildman–Crippen LogP) is 4.56. The van der Waals surface area contributed by atoms with Crippen molar-refractivity contribution < 1.29 is 14.3 Å². The largest absolute Gasteiger partial charge is 0.491 e. The van der Waals surface area contributed by atoms with Crippen LogP contribution in [0.4, 0.5) is 0 Å². The Bertz CT molecular complexity index is 723. The van der Waals surface area contributed by atoms with Crippen molar-refractivity contribution in [1.29, 1.82) is 0 Å². The van der Waals surface area contributed by atoms with E-state index in [0.29, 0.717) is 13.0 Å². The third-order valence-corrected chi connectivity index (χ3v) is 4.25. The summed E-state index contributed by atoms with van der Waals surface area (Å²) in [6.07, 6.45) is 0.257. The van der Waals surface area contributed by atoms with E-state index >= 15 is 0 Å². The molecule has 0 aliphatic carbocycles. The molecular weight excluding hydrogens is 326 g/mol. The van der Waals surface area contributed by atoms with Crippen molar-refractivity contribution in [2.45, 2.75) is 59.8 Å². The summed E-state index contributed by atoms with van der Waals surface area (Å²) >= 11 is 0. The molecule has 26 heavy (non-hydrogen) atoms. The van der Waals surface area contributed by atoms with Gasteiger partial charge >= 0.3 is 0 Å². The first kappa shape index (κ1) is 19.8. The van der Waals surface area contributed by atoms with Crippen LogP contribution in [0, 0.1) is 13.8 Å². The van der Waals surface area contributed by atoms with Gasteiger partial charge in [0.15, 0.2) is 6.10 Å².